The summed E-state index contributed by atoms with van der Waals surface area (Å²) in [5.74, 6) is 0. The highest BCUT2D eigenvalue weighted by molar-refractivity contribution is 5.42. The Balaban J connectivity index is 2.15. The molecule has 0 N–H and O–H groups in total. The number of aryl methyl sites for hydroxylation is 2. The fourth-order valence-corrected chi connectivity index (χ4v) is 2.87. The summed E-state index contributed by atoms with van der Waals surface area (Å²) < 4.78 is 0. The van der Waals surface area contributed by atoms with E-state index < -0.39 is 0 Å². The minimum absolute atomic E-state index is 0.654. The predicted molar refractivity (Wildman–Crippen MR) is 55.0 cm³/mol. The summed E-state index contributed by atoms with van der Waals surface area (Å²) in [6.07, 6.45) is 7.07. The molecule has 0 heterocycles. The predicted octanol–water partition coefficient (Wildman–Crippen LogP) is 3.36. The summed E-state index contributed by atoms with van der Waals surface area (Å²) in [7, 11) is 0. The van der Waals surface area contributed by atoms with Gasteiger partial charge >= 0.3 is 0 Å². The maximum atomic E-state index is 2.40. The van der Waals surface area contributed by atoms with E-state index in [0.29, 0.717) is 5.41 Å². The lowest BCUT2D eigenvalue weighted by atomic mass is 9.80. The van der Waals surface area contributed by atoms with Crippen LogP contribution in [-0.4, -0.2) is 0 Å². The zero-order chi connectivity index (χ0) is 8.89. The van der Waals surface area contributed by atoms with Crippen molar-refractivity contribution in [3.63, 3.8) is 0 Å². The first-order valence-corrected chi connectivity index (χ1v) is 5.40. The van der Waals surface area contributed by atoms with Crippen molar-refractivity contribution in [1.29, 1.82) is 0 Å². The molecule has 3 rings (SSSR count). The maximum absolute atomic E-state index is 2.40. The Hall–Kier alpha value is -0.780. The average molecular weight is 172 g/mol. The Labute approximate surface area is 80.0 Å². The highest BCUT2D eigenvalue weighted by Gasteiger charge is 2.46. The summed E-state index contributed by atoms with van der Waals surface area (Å²) in [4.78, 5) is 0. The highest BCUT2D eigenvalue weighted by Crippen LogP contribution is 2.55. The van der Waals surface area contributed by atoms with E-state index in [-0.39, 0.29) is 0 Å². The van der Waals surface area contributed by atoms with Gasteiger partial charge in [0.2, 0.25) is 0 Å². The van der Waals surface area contributed by atoms with Gasteiger partial charge in [0.05, 0.1) is 0 Å². The van der Waals surface area contributed by atoms with Crippen molar-refractivity contribution in [3.05, 3.63) is 34.9 Å². The molecule has 0 atom stereocenters. The molecule has 0 saturated heterocycles. The van der Waals surface area contributed by atoms with Crippen LogP contribution in [0.2, 0.25) is 0 Å². The molecule has 0 amide bonds. The van der Waals surface area contributed by atoms with E-state index in [1.54, 1.807) is 11.1 Å². The summed E-state index contributed by atoms with van der Waals surface area (Å²) >= 11 is 0. The van der Waals surface area contributed by atoms with E-state index in [1.165, 1.54) is 37.7 Å². The van der Waals surface area contributed by atoms with Crippen LogP contribution in [0, 0.1) is 6.92 Å². The smallest absolute Gasteiger partial charge is 0.00435 e. The van der Waals surface area contributed by atoms with Crippen molar-refractivity contribution < 1.29 is 0 Å². The lowest BCUT2D eigenvalue weighted by Gasteiger charge is -2.25. The monoisotopic (exact) mass is 172 g/mol. The third kappa shape index (κ3) is 1.04. The van der Waals surface area contributed by atoms with E-state index in [4.69, 9.17) is 0 Å². The summed E-state index contributed by atoms with van der Waals surface area (Å²) in [6, 6.07) is 7.07. The average Bonchev–Trinajstić information content (AvgIpc) is 2.86. The van der Waals surface area contributed by atoms with E-state index in [2.05, 4.69) is 25.1 Å². The second-order valence-corrected chi connectivity index (χ2v) is 4.79. The molecule has 2 aliphatic carbocycles. The third-order valence-corrected chi connectivity index (χ3v) is 3.79. The van der Waals surface area contributed by atoms with Crippen LogP contribution in [-0.2, 0) is 11.8 Å². The van der Waals surface area contributed by atoms with Crippen molar-refractivity contribution in [1.82, 2.24) is 0 Å². The molecule has 0 nitrogen and oxygen atoms in total. The second-order valence-electron chi connectivity index (χ2n) is 4.79. The minimum Gasteiger partial charge on any atom is -0.0590 e. The summed E-state index contributed by atoms with van der Waals surface area (Å²) in [5, 5.41) is 0. The van der Waals surface area contributed by atoms with Gasteiger partial charge < -0.3 is 0 Å². The van der Waals surface area contributed by atoms with Gasteiger partial charge in [-0.2, -0.15) is 0 Å². The molecule has 1 spiro atoms. The Morgan fingerprint density at radius 1 is 1.15 bits per heavy atom. The van der Waals surface area contributed by atoms with Gasteiger partial charge in [-0.3, -0.25) is 0 Å². The fraction of sp³-hybridized carbons (Fsp3) is 0.538. The van der Waals surface area contributed by atoms with Crippen molar-refractivity contribution in [2.24, 2.45) is 0 Å². The highest BCUT2D eigenvalue weighted by atomic mass is 14.5. The standard InChI is InChI=1S/C13H16/c1-10-4-5-12-11(9-10)3-2-6-13(12)7-8-13/h4-5,9H,2-3,6-8H2,1H3. The Morgan fingerprint density at radius 3 is 2.77 bits per heavy atom. The topological polar surface area (TPSA) is 0 Å². The van der Waals surface area contributed by atoms with Crippen LogP contribution in [0.4, 0.5) is 0 Å². The largest absolute Gasteiger partial charge is 0.0590 e. The fourth-order valence-electron chi connectivity index (χ4n) is 2.87. The van der Waals surface area contributed by atoms with Gasteiger partial charge in [-0.15, -0.1) is 0 Å². The molecule has 68 valence electrons. The van der Waals surface area contributed by atoms with Gasteiger partial charge in [0.15, 0.2) is 0 Å². The lowest BCUT2D eigenvalue weighted by molar-refractivity contribution is 0.542. The molecule has 1 fully saturated rings. The first-order chi connectivity index (χ1) is 6.30. The number of benzene rings is 1. The minimum atomic E-state index is 0.654. The summed E-state index contributed by atoms with van der Waals surface area (Å²) in [6.45, 7) is 2.20. The van der Waals surface area contributed by atoms with Crippen molar-refractivity contribution in [2.45, 2.75) is 44.4 Å². The number of hydrogen-bond donors (Lipinski definition) is 0. The van der Waals surface area contributed by atoms with Crippen LogP contribution in [0.1, 0.15) is 42.4 Å². The molecule has 1 saturated carbocycles. The quantitative estimate of drug-likeness (QED) is 0.563. The molecule has 13 heavy (non-hydrogen) atoms. The van der Waals surface area contributed by atoms with Crippen LogP contribution >= 0.6 is 0 Å². The van der Waals surface area contributed by atoms with Gasteiger partial charge in [0.1, 0.15) is 0 Å². The summed E-state index contributed by atoms with van der Waals surface area (Å²) in [5.41, 5.74) is 5.41. The Bertz CT molecular complexity index is 345. The molecule has 1 aromatic rings. The first-order valence-electron chi connectivity index (χ1n) is 5.40. The van der Waals surface area contributed by atoms with E-state index in [1.807, 2.05) is 0 Å². The van der Waals surface area contributed by atoms with E-state index >= 15 is 0 Å². The third-order valence-electron chi connectivity index (χ3n) is 3.79. The van der Waals surface area contributed by atoms with E-state index in [0.717, 1.165) is 0 Å². The number of rotatable bonds is 0. The molecular weight excluding hydrogens is 156 g/mol. The van der Waals surface area contributed by atoms with Crippen molar-refractivity contribution in [2.75, 3.05) is 0 Å². The molecular formula is C13H16. The van der Waals surface area contributed by atoms with Crippen LogP contribution in [0.5, 0.6) is 0 Å². The molecule has 0 aromatic heterocycles. The first kappa shape index (κ1) is 7.61. The molecule has 0 heteroatoms. The van der Waals surface area contributed by atoms with Crippen molar-refractivity contribution >= 4 is 0 Å². The molecule has 1 aromatic carbocycles. The molecule has 0 unspecified atom stereocenters. The molecule has 2 aliphatic rings. The Kier molecular flexibility index (Phi) is 1.39. The zero-order valence-corrected chi connectivity index (χ0v) is 8.27. The van der Waals surface area contributed by atoms with E-state index in [9.17, 15) is 0 Å². The van der Waals surface area contributed by atoms with Gasteiger partial charge in [0.25, 0.3) is 0 Å². The number of hydrogen-bond acceptors (Lipinski definition) is 0. The van der Waals surface area contributed by atoms with Crippen LogP contribution in [0.15, 0.2) is 18.2 Å². The molecule has 0 aliphatic heterocycles. The lowest BCUT2D eigenvalue weighted by Crippen LogP contribution is -2.15. The van der Waals surface area contributed by atoms with Crippen LogP contribution in [0.3, 0.4) is 0 Å². The zero-order valence-electron chi connectivity index (χ0n) is 8.27. The maximum Gasteiger partial charge on any atom is -0.00435 e. The van der Waals surface area contributed by atoms with Gasteiger partial charge in [-0.1, -0.05) is 23.8 Å². The van der Waals surface area contributed by atoms with Gasteiger partial charge in [-0.25, -0.2) is 0 Å². The molecule has 0 bridgehead atoms. The molecule has 0 radical (unpaired) electrons. The SMILES string of the molecule is Cc1ccc2c(c1)CCCC21CC1. The number of fused-ring (bicyclic) bond motifs is 2. The Morgan fingerprint density at radius 2 is 2.00 bits per heavy atom. The van der Waals surface area contributed by atoms with Crippen LogP contribution < -0.4 is 0 Å². The van der Waals surface area contributed by atoms with Crippen molar-refractivity contribution in [3.8, 4) is 0 Å². The second kappa shape index (κ2) is 2.37. The van der Waals surface area contributed by atoms with Gasteiger partial charge in [0, 0.05) is 0 Å². The normalized spacial score (nSPS) is 22.8. The van der Waals surface area contributed by atoms with Crippen LogP contribution in [0.25, 0.3) is 0 Å². The van der Waals surface area contributed by atoms with Gasteiger partial charge in [-0.05, 0) is 55.6 Å².